The van der Waals surface area contributed by atoms with Crippen LogP contribution < -0.4 is 10.4 Å². The lowest BCUT2D eigenvalue weighted by molar-refractivity contribution is 0.00273. The van der Waals surface area contributed by atoms with Crippen LogP contribution in [0.1, 0.15) is 40.5 Å². The molecule has 0 saturated heterocycles. The summed E-state index contributed by atoms with van der Waals surface area (Å²) in [7, 11) is -6.95. The van der Waals surface area contributed by atoms with Crippen LogP contribution in [0.5, 0.6) is 0 Å². The zero-order valence-corrected chi connectivity index (χ0v) is 20.1. The molecule has 0 spiro atoms. The van der Waals surface area contributed by atoms with E-state index in [-0.39, 0.29) is 11.0 Å². The Labute approximate surface area is 180 Å². The largest absolute Gasteiger partial charge is 0.404 e. The van der Waals surface area contributed by atoms with Crippen molar-refractivity contribution in [2.24, 2.45) is 5.92 Å². The van der Waals surface area contributed by atoms with Gasteiger partial charge in [-0.3, -0.25) is 4.57 Å². The molecule has 5 nitrogen and oxygen atoms in total. The number of benzene rings is 2. The number of ether oxygens (including phenoxy) is 1. The van der Waals surface area contributed by atoms with E-state index in [0.717, 1.165) is 12.8 Å². The molecule has 0 radical (unpaired) electrons. The van der Waals surface area contributed by atoms with Gasteiger partial charge < -0.3 is 18.9 Å². The molecule has 2 N–H and O–H groups in total. The Bertz CT molecular complexity index is 838. The zero-order valence-electron chi connectivity index (χ0n) is 18.2. The molecule has 164 valence electrons. The zero-order chi connectivity index (χ0) is 22.0. The van der Waals surface area contributed by atoms with Gasteiger partial charge in [0, 0.05) is 0 Å². The summed E-state index contributed by atoms with van der Waals surface area (Å²) >= 11 is 0. The van der Waals surface area contributed by atoms with E-state index >= 15 is 0 Å². The summed E-state index contributed by atoms with van der Waals surface area (Å²) in [5.41, 5.74) is -0.622. The minimum atomic E-state index is -4.24. The summed E-state index contributed by atoms with van der Waals surface area (Å²) in [6, 6.07) is 20.7. The molecule has 0 aromatic heterocycles. The van der Waals surface area contributed by atoms with Crippen LogP contribution in [0.4, 0.5) is 0 Å². The predicted octanol–water partition coefficient (Wildman–Crippen LogP) is 3.88. The van der Waals surface area contributed by atoms with Gasteiger partial charge >= 0.3 is 7.60 Å². The summed E-state index contributed by atoms with van der Waals surface area (Å²) in [5, 5.41) is 2.21. The highest BCUT2D eigenvalue weighted by Crippen LogP contribution is 2.52. The van der Waals surface area contributed by atoms with Gasteiger partial charge in [0.15, 0.2) is 0 Å². The molecular formula is C23H33O5PSi. The van der Waals surface area contributed by atoms with Gasteiger partial charge in [-0.1, -0.05) is 94.8 Å². The maximum Gasteiger partial charge on any atom is 0.351 e. The van der Waals surface area contributed by atoms with Gasteiger partial charge in [0.25, 0.3) is 8.32 Å². The molecule has 0 bridgehead atoms. The lowest BCUT2D eigenvalue weighted by Crippen LogP contribution is -2.67. The Balaban J connectivity index is 2.00. The van der Waals surface area contributed by atoms with Crippen molar-refractivity contribution in [1.82, 2.24) is 0 Å². The second kappa shape index (κ2) is 8.70. The van der Waals surface area contributed by atoms with Crippen LogP contribution in [-0.4, -0.2) is 36.7 Å². The lowest BCUT2D eigenvalue weighted by atomic mass is 10.2. The van der Waals surface area contributed by atoms with Crippen LogP contribution >= 0.6 is 7.60 Å². The molecule has 1 aliphatic carbocycles. The van der Waals surface area contributed by atoms with Gasteiger partial charge in [0.05, 0.1) is 12.2 Å². The van der Waals surface area contributed by atoms with Crippen molar-refractivity contribution < 1.29 is 23.5 Å². The van der Waals surface area contributed by atoms with E-state index in [9.17, 15) is 14.4 Å². The van der Waals surface area contributed by atoms with Gasteiger partial charge in [-0.2, -0.15) is 0 Å². The smallest absolute Gasteiger partial charge is 0.351 e. The highest BCUT2D eigenvalue weighted by atomic mass is 31.2. The Morgan fingerprint density at radius 3 is 1.90 bits per heavy atom. The molecule has 2 aromatic rings. The van der Waals surface area contributed by atoms with Crippen LogP contribution in [0.15, 0.2) is 60.7 Å². The molecule has 30 heavy (non-hydrogen) atoms. The highest BCUT2D eigenvalue weighted by Gasteiger charge is 2.58. The standard InChI is InChI=1S/C23H33O5PSi/c1-5-19-16-23(19,27-18-29(24,25)26)17-28-30(22(2,3)4,20-12-8-6-9-13-20)21-14-10-7-11-15-21/h6-15,19H,5,16-18H2,1-4H3,(H2,24,25,26)/t19-,23+/m1/s1. The monoisotopic (exact) mass is 448 g/mol. The highest BCUT2D eigenvalue weighted by molar-refractivity contribution is 7.51. The molecule has 2 atom stereocenters. The third-order valence-electron chi connectivity index (χ3n) is 6.14. The van der Waals surface area contributed by atoms with E-state index in [1.807, 2.05) is 36.4 Å². The first-order valence-electron chi connectivity index (χ1n) is 10.5. The molecular weight excluding hydrogens is 415 g/mol. The third kappa shape index (κ3) is 4.80. The molecule has 0 amide bonds. The van der Waals surface area contributed by atoms with Crippen molar-refractivity contribution in [1.29, 1.82) is 0 Å². The molecule has 0 aliphatic heterocycles. The molecule has 3 rings (SSSR count). The van der Waals surface area contributed by atoms with E-state index in [2.05, 4.69) is 52.0 Å². The van der Waals surface area contributed by atoms with E-state index in [4.69, 9.17) is 9.16 Å². The first-order chi connectivity index (χ1) is 14.0. The van der Waals surface area contributed by atoms with Gasteiger partial charge in [0.1, 0.15) is 6.35 Å². The van der Waals surface area contributed by atoms with Crippen molar-refractivity contribution in [2.75, 3.05) is 13.0 Å². The number of rotatable bonds is 9. The minimum Gasteiger partial charge on any atom is -0.404 e. The third-order valence-corrected chi connectivity index (χ3v) is 11.6. The normalized spacial score (nSPS) is 22.1. The molecule has 1 fully saturated rings. The van der Waals surface area contributed by atoms with Crippen molar-refractivity contribution in [3.05, 3.63) is 60.7 Å². The quantitative estimate of drug-likeness (QED) is 0.450. The van der Waals surface area contributed by atoms with Crippen molar-refractivity contribution in [2.45, 2.75) is 51.2 Å². The second-order valence-corrected chi connectivity index (χ2v) is 15.2. The summed E-state index contributed by atoms with van der Waals surface area (Å²) in [6.45, 7) is 9.06. The predicted molar refractivity (Wildman–Crippen MR) is 123 cm³/mol. The summed E-state index contributed by atoms with van der Waals surface area (Å²) in [6.07, 6.45) is 1.10. The fourth-order valence-corrected chi connectivity index (χ4v) is 9.52. The van der Waals surface area contributed by atoms with Crippen LogP contribution in [-0.2, 0) is 13.7 Å². The van der Waals surface area contributed by atoms with Crippen molar-refractivity contribution in [3.8, 4) is 0 Å². The Morgan fingerprint density at radius 2 is 1.53 bits per heavy atom. The van der Waals surface area contributed by atoms with Gasteiger partial charge in [-0.25, -0.2) is 0 Å². The minimum absolute atomic E-state index is 0.156. The van der Waals surface area contributed by atoms with E-state index in [0.29, 0.717) is 6.61 Å². The number of hydrogen-bond acceptors (Lipinski definition) is 3. The maximum absolute atomic E-state index is 11.4. The summed E-state index contributed by atoms with van der Waals surface area (Å²) in [5.74, 6) is 0.252. The van der Waals surface area contributed by atoms with Gasteiger partial charge in [0.2, 0.25) is 0 Å². The number of hydrogen-bond donors (Lipinski definition) is 2. The lowest BCUT2D eigenvalue weighted by Gasteiger charge is -2.44. The van der Waals surface area contributed by atoms with Crippen LogP contribution in [0.25, 0.3) is 0 Å². The molecule has 0 heterocycles. The van der Waals surface area contributed by atoms with Crippen molar-refractivity contribution in [3.63, 3.8) is 0 Å². The summed E-state index contributed by atoms with van der Waals surface area (Å²) in [4.78, 5) is 18.7. The SMILES string of the molecule is CC[C@@H]1C[C@@]1(CO[Si](c1ccccc1)(c1ccccc1)C(C)(C)C)OCP(=O)(O)O. The Hall–Kier alpha value is -1.27. The van der Waals surface area contributed by atoms with Crippen LogP contribution in [0, 0.1) is 5.92 Å². The molecule has 1 saturated carbocycles. The average molecular weight is 449 g/mol. The average Bonchev–Trinajstić information content (AvgIpc) is 3.41. The molecule has 0 unspecified atom stereocenters. The summed E-state index contributed by atoms with van der Waals surface area (Å²) < 4.78 is 24.2. The fourth-order valence-electron chi connectivity index (χ4n) is 4.47. The van der Waals surface area contributed by atoms with Crippen molar-refractivity contribution >= 4 is 26.3 Å². The Morgan fingerprint density at radius 1 is 1.03 bits per heavy atom. The van der Waals surface area contributed by atoms with Crippen LogP contribution in [0.2, 0.25) is 5.04 Å². The van der Waals surface area contributed by atoms with Gasteiger partial charge in [-0.05, 0) is 27.8 Å². The topological polar surface area (TPSA) is 76.0 Å². The second-order valence-electron chi connectivity index (χ2n) is 9.26. The molecule has 1 aliphatic rings. The van der Waals surface area contributed by atoms with E-state index < -0.39 is 27.9 Å². The van der Waals surface area contributed by atoms with E-state index in [1.54, 1.807) is 0 Å². The maximum atomic E-state index is 11.4. The van der Waals surface area contributed by atoms with Gasteiger partial charge in [-0.15, -0.1) is 0 Å². The molecule has 7 heteroatoms. The van der Waals surface area contributed by atoms with E-state index in [1.165, 1.54) is 10.4 Å². The molecule has 2 aromatic carbocycles. The first-order valence-corrected chi connectivity index (χ1v) is 14.2. The fraction of sp³-hybridized carbons (Fsp3) is 0.478. The Kier molecular flexibility index (Phi) is 6.78. The van der Waals surface area contributed by atoms with Crippen LogP contribution in [0.3, 0.4) is 0 Å². The first kappa shape index (κ1) is 23.4.